The molecule has 1 N–H and O–H groups in total. The number of carbonyl (C=O) groups excluding carboxylic acids is 3. The Labute approximate surface area is 138 Å². The van der Waals surface area contributed by atoms with E-state index in [4.69, 9.17) is 19.7 Å². The molecular weight excluding hydrogens is 322 g/mol. The van der Waals surface area contributed by atoms with Crippen LogP contribution in [-0.4, -0.2) is 75.5 Å². The third-order valence-electron chi connectivity index (χ3n) is 2.74. The molecule has 24 heavy (non-hydrogen) atoms. The van der Waals surface area contributed by atoms with Gasteiger partial charge in [-0.25, -0.2) is 4.79 Å². The van der Waals surface area contributed by atoms with Gasteiger partial charge < -0.3 is 19.5 Å². The van der Waals surface area contributed by atoms with E-state index < -0.39 is 17.9 Å². The molecule has 0 unspecified atom stereocenters. The van der Waals surface area contributed by atoms with E-state index in [1.165, 1.54) is 12.2 Å². The van der Waals surface area contributed by atoms with Gasteiger partial charge in [-0.2, -0.15) is 0 Å². The monoisotopic (exact) mass is 341 g/mol. The van der Waals surface area contributed by atoms with Gasteiger partial charge in [0.2, 0.25) is 0 Å². The number of hydrogen-bond donors (Lipinski definition) is 1. The van der Waals surface area contributed by atoms with Crippen LogP contribution < -0.4 is 5.32 Å². The van der Waals surface area contributed by atoms with Crippen LogP contribution >= 0.6 is 0 Å². The molecule has 11 heteroatoms. The van der Waals surface area contributed by atoms with E-state index in [1.54, 1.807) is 0 Å². The topological polar surface area (TPSA) is 143 Å². The van der Waals surface area contributed by atoms with Crippen LogP contribution in [0.25, 0.3) is 10.4 Å². The molecule has 3 amide bonds. The number of ether oxygens (including phenoxy) is 3. The molecule has 0 aromatic rings. The molecule has 0 aliphatic carbocycles. The van der Waals surface area contributed by atoms with Crippen LogP contribution in [0.1, 0.15) is 0 Å². The maximum Gasteiger partial charge on any atom is 0.407 e. The highest BCUT2D eigenvalue weighted by Gasteiger charge is 2.22. The minimum absolute atomic E-state index is 0.0632. The Morgan fingerprint density at radius 1 is 1.12 bits per heavy atom. The summed E-state index contributed by atoms with van der Waals surface area (Å²) in [5.74, 6) is -0.796. The van der Waals surface area contributed by atoms with Gasteiger partial charge in [-0.1, -0.05) is 5.11 Å². The van der Waals surface area contributed by atoms with Crippen molar-refractivity contribution in [2.45, 2.75) is 0 Å². The Morgan fingerprint density at radius 2 is 1.75 bits per heavy atom. The molecular formula is C13H19N5O6. The van der Waals surface area contributed by atoms with Crippen LogP contribution in [-0.2, 0) is 23.8 Å². The average Bonchev–Trinajstić information content (AvgIpc) is 2.88. The Balaban J connectivity index is 1.90. The third-order valence-corrected chi connectivity index (χ3v) is 2.74. The molecule has 1 aliphatic heterocycles. The number of nitrogens with one attached hydrogen (secondary N) is 1. The van der Waals surface area contributed by atoms with Crippen LogP contribution in [0.15, 0.2) is 17.3 Å². The van der Waals surface area contributed by atoms with E-state index in [0.717, 1.165) is 4.90 Å². The number of hydrogen-bond acceptors (Lipinski definition) is 7. The lowest BCUT2D eigenvalue weighted by Crippen LogP contribution is -2.38. The number of rotatable bonds is 12. The molecule has 0 saturated carbocycles. The first-order chi connectivity index (χ1) is 11.6. The van der Waals surface area contributed by atoms with Crippen molar-refractivity contribution in [3.8, 4) is 0 Å². The molecule has 0 fully saturated rings. The van der Waals surface area contributed by atoms with Gasteiger partial charge in [0.1, 0.15) is 6.61 Å². The maximum atomic E-state index is 11.4. The second-order valence-electron chi connectivity index (χ2n) is 4.40. The van der Waals surface area contributed by atoms with E-state index >= 15 is 0 Å². The zero-order chi connectivity index (χ0) is 17.6. The highest BCUT2D eigenvalue weighted by Crippen LogP contribution is 2.01. The molecule has 1 rings (SSSR count). The van der Waals surface area contributed by atoms with Crippen molar-refractivity contribution in [3.05, 3.63) is 22.6 Å². The smallest absolute Gasteiger partial charge is 0.407 e. The van der Waals surface area contributed by atoms with Crippen molar-refractivity contribution in [2.75, 3.05) is 52.7 Å². The van der Waals surface area contributed by atoms with Crippen molar-refractivity contribution in [1.29, 1.82) is 0 Å². The summed E-state index contributed by atoms with van der Waals surface area (Å²) in [5, 5.41) is 5.73. The SMILES string of the molecule is [N-]=[N+]=NCCOCCOCCOC(=O)NCCN1C(=O)C=CC1=O. The molecule has 0 radical (unpaired) electrons. The number of alkyl carbamates (subject to hydrolysis) is 1. The standard InChI is InChI=1S/C13H19N5O6/c14-17-16-4-6-22-7-8-23-9-10-24-13(21)15-3-5-18-11(19)1-2-12(18)20/h1-2H,3-10H2,(H,15,21). The van der Waals surface area contributed by atoms with E-state index in [-0.39, 0.29) is 32.8 Å². The lowest BCUT2D eigenvalue weighted by atomic mass is 10.5. The summed E-state index contributed by atoms with van der Waals surface area (Å²) >= 11 is 0. The van der Waals surface area contributed by atoms with Gasteiger partial charge in [0.15, 0.2) is 0 Å². The summed E-state index contributed by atoms with van der Waals surface area (Å²) in [7, 11) is 0. The average molecular weight is 341 g/mol. The summed E-state index contributed by atoms with van der Waals surface area (Å²) in [6.07, 6.45) is 1.70. The lowest BCUT2D eigenvalue weighted by molar-refractivity contribution is -0.136. The molecule has 1 heterocycles. The summed E-state index contributed by atoms with van der Waals surface area (Å²) in [5.41, 5.74) is 8.04. The predicted molar refractivity (Wildman–Crippen MR) is 80.9 cm³/mol. The van der Waals surface area contributed by atoms with Crippen molar-refractivity contribution in [2.24, 2.45) is 5.11 Å². The first-order valence-electron chi connectivity index (χ1n) is 7.25. The fraction of sp³-hybridized carbons (Fsp3) is 0.615. The van der Waals surface area contributed by atoms with E-state index in [9.17, 15) is 14.4 Å². The van der Waals surface area contributed by atoms with Crippen LogP contribution in [0, 0.1) is 0 Å². The highest BCUT2D eigenvalue weighted by atomic mass is 16.6. The highest BCUT2D eigenvalue weighted by molar-refractivity contribution is 6.12. The van der Waals surface area contributed by atoms with Gasteiger partial charge >= 0.3 is 6.09 Å². The van der Waals surface area contributed by atoms with Gasteiger partial charge in [-0.15, -0.1) is 0 Å². The van der Waals surface area contributed by atoms with Gasteiger partial charge in [-0.05, 0) is 5.53 Å². The first kappa shape index (κ1) is 19.4. The van der Waals surface area contributed by atoms with Gasteiger partial charge in [0, 0.05) is 36.7 Å². The summed E-state index contributed by atoms with van der Waals surface area (Å²) in [6, 6.07) is 0. The van der Waals surface area contributed by atoms with Crippen LogP contribution in [0.5, 0.6) is 0 Å². The van der Waals surface area contributed by atoms with E-state index in [1.807, 2.05) is 0 Å². The normalized spacial score (nSPS) is 13.1. The molecule has 0 saturated heterocycles. The molecule has 0 bridgehead atoms. The summed E-state index contributed by atoms with van der Waals surface area (Å²) in [6.45, 7) is 1.73. The Morgan fingerprint density at radius 3 is 2.42 bits per heavy atom. The van der Waals surface area contributed by atoms with Crippen LogP contribution in [0.3, 0.4) is 0 Å². The number of azide groups is 1. The van der Waals surface area contributed by atoms with Gasteiger partial charge in [0.25, 0.3) is 11.8 Å². The third kappa shape index (κ3) is 8.13. The quantitative estimate of drug-likeness (QED) is 0.174. The first-order valence-corrected chi connectivity index (χ1v) is 7.25. The number of carbonyl (C=O) groups is 3. The van der Waals surface area contributed by atoms with E-state index in [0.29, 0.717) is 19.8 Å². The minimum atomic E-state index is -0.656. The summed E-state index contributed by atoms with van der Waals surface area (Å²) < 4.78 is 15.1. The second-order valence-corrected chi connectivity index (χ2v) is 4.40. The molecule has 1 aliphatic rings. The van der Waals surface area contributed by atoms with Crippen LogP contribution in [0.4, 0.5) is 4.79 Å². The predicted octanol–water partition coefficient (Wildman–Crippen LogP) is -0.0189. The van der Waals surface area contributed by atoms with Gasteiger partial charge in [0.05, 0.1) is 26.4 Å². The molecule has 0 atom stereocenters. The molecule has 0 aromatic heterocycles. The van der Waals surface area contributed by atoms with Crippen molar-refractivity contribution < 1.29 is 28.6 Å². The summed E-state index contributed by atoms with van der Waals surface area (Å²) in [4.78, 5) is 37.5. The zero-order valence-electron chi connectivity index (χ0n) is 13.0. The maximum absolute atomic E-state index is 11.4. The van der Waals surface area contributed by atoms with Crippen molar-refractivity contribution >= 4 is 17.9 Å². The van der Waals surface area contributed by atoms with Crippen LogP contribution in [0.2, 0.25) is 0 Å². The lowest BCUT2D eigenvalue weighted by Gasteiger charge is -2.14. The Bertz CT molecular complexity index is 499. The van der Waals surface area contributed by atoms with Crippen molar-refractivity contribution in [3.63, 3.8) is 0 Å². The fourth-order valence-electron chi connectivity index (χ4n) is 1.64. The number of nitrogens with zero attached hydrogens (tertiary/aromatic N) is 4. The van der Waals surface area contributed by atoms with E-state index in [2.05, 4.69) is 15.3 Å². The molecule has 132 valence electrons. The molecule has 0 aromatic carbocycles. The van der Waals surface area contributed by atoms with Crippen molar-refractivity contribution in [1.82, 2.24) is 10.2 Å². The number of amides is 3. The Hall–Kier alpha value is -2.62. The second kappa shape index (κ2) is 11.9. The number of imide groups is 1. The minimum Gasteiger partial charge on any atom is -0.447 e. The largest absolute Gasteiger partial charge is 0.447 e. The molecule has 0 spiro atoms. The van der Waals surface area contributed by atoms with Gasteiger partial charge in [-0.3, -0.25) is 14.5 Å². The Kier molecular flexibility index (Phi) is 9.62. The fourth-order valence-corrected chi connectivity index (χ4v) is 1.64. The zero-order valence-corrected chi connectivity index (χ0v) is 13.0. The molecule has 11 nitrogen and oxygen atoms in total.